The highest BCUT2D eigenvalue weighted by atomic mass is 32.1. The molecule has 0 unspecified atom stereocenters. The van der Waals surface area contributed by atoms with E-state index in [1.54, 1.807) is 48.8 Å². The number of Topliss-reactive ketones (excluding diaryl/α,β-unsaturated/α-hetero) is 1. The van der Waals surface area contributed by atoms with Gasteiger partial charge < -0.3 is 14.2 Å². The van der Waals surface area contributed by atoms with Gasteiger partial charge >= 0.3 is 5.97 Å². The van der Waals surface area contributed by atoms with E-state index >= 15 is 0 Å². The molecule has 0 N–H and O–H groups in total. The molecule has 2 aromatic heterocycles. The van der Waals surface area contributed by atoms with E-state index in [4.69, 9.17) is 14.2 Å². The lowest BCUT2D eigenvalue weighted by molar-refractivity contribution is 0.0606. The number of ketones is 1. The summed E-state index contributed by atoms with van der Waals surface area (Å²) in [5.74, 6) is 0.735. The predicted molar refractivity (Wildman–Crippen MR) is 104 cm³/mol. The van der Waals surface area contributed by atoms with Crippen LogP contribution in [-0.4, -0.2) is 23.8 Å². The summed E-state index contributed by atoms with van der Waals surface area (Å²) in [6.45, 7) is 0.290. The van der Waals surface area contributed by atoms with Gasteiger partial charge in [0, 0.05) is 24.0 Å². The highest BCUT2D eigenvalue weighted by molar-refractivity contribution is 7.12. The average molecular weight is 393 g/mol. The number of carbonyl (C=O) groups excluding carboxylic acids is 2. The van der Waals surface area contributed by atoms with Gasteiger partial charge in [-0.3, -0.25) is 9.78 Å². The minimum absolute atomic E-state index is 0.175. The molecule has 140 valence electrons. The maximum absolute atomic E-state index is 12.5. The molecule has 0 spiro atoms. The zero-order chi connectivity index (χ0) is 19.5. The SMILES string of the molecule is COC(=O)c1cc(COc2ccc3c(c2)O/C(=C/c2cccnc2)C3=O)cs1. The van der Waals surface area contributed by atoms with Crippen molar-refractivity contribution in [2.75, 3.05) is 7.11 Å². The fourth-order valence-electron chi connectivity index (χ4n) is 2.70. The van der Waals surface area contributed by atoms with Gasteiger partial charge in [0.15, 0.2) is 5.76 Å². The topological polar surface area (TPSA) is 74.7 Å². The number of nitrogens with zero attached hydrogens (tertiary/aromatic N) is 1. The van der Waals surface area contributed by atoms with Crippen molar-refractivity contribution in [3.05, 3.63) is 81.5 Å². The Morgan fingerprint density at radius 1 is 1.29 bits per heavy atom. The zero-order valence-corrected chi connectivity index (χ0v) is 15.7. The molecule has 0 amide bonds. The van der Waals surface area contributed by atoms with E-state index in [2.05, 4.69) is 4.98 Å². The Kier molecular flexibility index (Phi) is 4.90. The standard InChI is InChI=1S/C21H15NO5S/c1-25-21(24)19-8-14(12-28-19)11-26-15-4-5-16-17(9-15)27-18(20(16)23)7-13-3-2-6-22-10-13/h2-10,12H,11H2,1H3/b18-7+. The van der Waals surface area contributed by atoms with Crippen molar-refractivity contribution in [3.8, 4) is 11.5 Å². The Bertz CT molecular complexity index is 1070. The van der Waals surface area contributed by atoms with Crippen LogP contribution in [0, 0.1) is 0 Å². The zero-order valence-electron chi connectivity index (χ0n) is 14.9. The molecule has 0 bridgehead atoms. The normalized spacial score (nSPS) is 13.9. The van der Waals surface area contributed by atoms with E-state index in [0.717, 1.165) is 11.1 Å². The van der Waals surface area contributed by atoms with Crippen LogP contribution >= 0.6 is 11.3 Å². The van der Waals surface area contributed by atoms with Crippen LogP contribution in [0.3, 0.4) is 0 Å². The molecule has 0 atom stereocenters. The van der Waals surface area contributed by atoms with E-state index < -0.39 is 0 Å². The van der Waals surface area contributed by atoms with Gasteiger partial charge in [-0.2, -0.15) is 0 Å². The molecule has 0 aliphatic carbocycles. The first-order chi connectivity index (χ1) is 13.6. The van der Waals surface area contributed by atoms with Gasteiger partial charge in [-0.15, -0.1) is 11.3 Å². The number of benzene rings is 1. The fraction of sp³-hybridized carbons (Fsp3) is 0.0952. The van der Waals surface area contributed by atoms with E-state index in [1.165, 1.54) is 18.4 Å². The molecule has 4 rings (SSSR count). The number of allylic oxidation sites excluding steroid dienone is 1. The molecule has 1 aliphatic heterocycles. The van der Waals surface area contributed by atoms with Crippen molar-refractivity contribution in [2.24, 2.45) is 0 Å². The average Bonchev–Trinajstić information content (AvgIpc) is 3.32. The number of methoxy groups -OCH3 is 1. The highest BCUT2D eigenvalue weighted by Gasteiger charge is 2.27. The van der Waals surface area contributed by atoms with Crippen molar-refractivity contribution in [1.82, 2.24) is 4.98 Å². The monoisotopic (exact) mass is 393 g/mol. The smallest absolute Gasteiger partial charge is 0.348 e. The number of fused-ring (bicyclic) bond motifs is 1. The minimum Gasteiger partial charge on any atom is -0.489 e. The number of hydrogen-bond donors (Lipinski definition) is 0. The first kappa shape index (κ1) is 17.9. The van der Waals surface area contributed by atoms with Gasteiger partial charge in [0.05, 0.1) is 12.7 Å². The summed E-state index contributed by atoms with van der Waals surface area (Å²) in [7, 11) is 1.35. The minimum atomic E-state index is -0.367. The Morgan fingerprint density at radius 3 is 2.96 bits per heavy atom. The van der Waals surface area contributed by atoms with Gasteiger partial charge in [0.2, 0.25) is 5.78 Å². The number of pyridine rings is 1. The van der Waals surface area contributed by atoms with Crippen LogP contribution in [0.15, 0.2) is 59.9 Å². The molecule has 3 aromatic rings. The van der Waals surface area contributed by atoms with Crippen LogP contribution in [0.2, 0.25) is 0 Å². The summed E-state index contributed by atoms with van der Waals surface area (Å²) in [5.41, 5.74) is 2.14. The Hall–Kier alpha value is -3.45. The fourth-order valence-corrected chi connectivity index (χ4v) is 3.51. The van der Waals surface area contributed by atoms with Gasteiger partial charge in [0.1, 0.15) is 23.0 Å². The summed E-state index contributed by atoms with van der Waals surface area (Å²) >= 11 is 1.30. The summed E-state index contributed by atoms with van der Waals surface area (Å²) < 4.78 is 16.2. The van der Waals surface area contributed by atoms with Gasteiger partial charge in [-0.05, 0) is 41.3 Å². The summed E-state index contributed by atoms with van der Waals surface area (Å²) in [4.78, 5) is 28.6. The summed E-state index contributed by atoms with van der Waals surface area (Å²) in [6.07, 6.45) is 4.99. The second-order valence-electron chi connectivity index (χ2n) is 5.98. The van der Waals surface area contributed by atoms with E-state index in [9.17, 15) is 9.59 Å². The molecule has 7 heteroatoms. The quantitative estimate of drug-likeness (QED) is 0.479. The Labute approximate surface area is 165 Å². The summed E-state index contributed by atoms with van der Waals surface area (Å²) in [6, 6.07) is 10.5. The predicted octanol–water partition coefficient (Wildman–Crippen LogP) is 4.12. The largest absolute Gasteiger partial charge is 0.489 e. The number of esters is 1. The molecule has 3 heterocycles. The van der Waals surface area contributed by atoms with Crippen molar-refractivity contribution in [1.29, 1.82) is 0 Å². The molecular formula is C21H15NO5S. The number of hydrogen-bond acceptors (Lipinski definition) is 7. The van der Waals surface area contributed by atoms with Gasteiger partial charge in [0.25, 0.3) is 0 Å². The van der Waals surface area contributed by atoms with Crippen LogP contribution in [0.5, 0.6) is 11.5 Å². The van der Waals surface area contributed by atoms with Crippen LogP contribution in [0.25, 0.3) is 6.08 Å². The first-order valence-corrected chi connectivity index (χ1v) is 9.29. The van der Waals surface area contributed by atoms with Crippen molar-refractivity contribution in [2.45, 2.75) is 6.61 Å². The Balaban J connectivity index is 1.47. The van der Waals surface area contributed by atoms with E-state index in [-0.39, 0.29) is 17.5 Å². The molecule has 1 aromatic carbocycles. The number of thiophene rings is 1. The third-order valence-electron chi connectivity index (χ3n) is 4.07. The van der Waals surface area contributed by atoms with Crippen molar-refractivity contribution < 1.29 is 23.8 Å². The lowest BCUT2D eigenvalue weighted by Crippen LogP contribution is -1.98. The molecule has 0 radical (unpaired) electrons. The van der Waals surface area contributed by atoms with Crippen LogP contribution < -0.4 is 9.47 Å². The maximum Gasteiger partial charge on any atom is 0.348 e. The van der Waals surface area contributed by atoms with E-state index in [0.29, 0.717) is 28.5 Å². The number of carbonyl (C=O) groups is 2. The lowest BCUT2D eigenvalue weighted by Gasteiger charge is -2.06. The van der Waals surface area contributed by atoms with E-state index in [1.807, 2.05) is 11.4 Å². The van der Waals surface area contributed by atoms with Crippen molar-refractivity contribution in [3.63, 3.8) is 0 Å². The second-order valence-corrected chi connectivity index (χ2v) is 6.89. The molecule has 1 aliphatic rings. The molecule has 0 fully saturated rings. The second kappa shape index (κ2) is 7.66. The number of ether oxygens (including phenoxy) is 3. The Morgan fingerprint density at radius 2 is 2.18 bits per heavy atom. The van der Waals surface area contributed by atoms with Gasteiger partial charge in [-0.25, -0.2) is 4.79 Å². The molecule has 0 saturated heterocycles. The lowest BCUT2D eigenvalue weighted by atomic mass is 10.1. The molecular weight excluding hydrogens is 378 g/mol. The van der Waals surface area contributed by atoms with Gasteiger partial charge in [-0.1, -0.05) is 6.07 Å². The first-order valence-electron chi connectivity index (χ1n) is 8.41. The molecule has 0 saturated carbocycles. The maximum atomic E-state index is 12.5. The van der Waals surface area contributed by atoms with Crippen LogP contribution in [0.4, 0.5) is 0 Å². The molecule has 6 nitrogen and oxygen atoms in total. The summed E-state index contributed by atoms with van der Waals surface area (Å²) in [5, 5.41) is 1.84. The number of rotatable bonds is 5. The third-order valence-corrected chi connectivity index (χ3v) is 5.03. The van der Waals surface area contributed by atoms with Crippen LogP contribution in [0.1, 0.15) is 31.2 Å². The third kappa shape index (κ3) is 3.65. The number of aromatic nitrogens is 1. The molecule has 28 heavy (non-hydrogen) atoms. The van der Waals surface area contributed by atoms with Crippen molar-refractivity contribution >= 4 is 29.2 Å². The van der Waals surface area contributed by atoms with Crippen LogP contribution in [-0.2, 0) is 11.3 Å². The highest BCUT2D eigenvalue weighted by Crippen LogP contribution is 2.35.